The molecule has 1 N–H and O–H groups in total. The first-order valence-electron chi connectivity index (χ1n) is 9.57. The fraction of sp³-hybridized carbons (Fsp3) is 0.727. The summed E-state index contributed by atoms with van der Waals surface area (Å²) >= 11 is 0. The molecule has 0 bridgehead atoms. The van der Waals surface area contributed by atoms with Gasteiger partial charge in [-0.1, -0.05) is 25.8 Å². The topological polar surface area (TPSA) is 29.5 Å². The van der Waals surface area contributed by atoms with Crippen LogP contribution in [0.15, 0.2) is 24.0 Å². The summed E-state index contributed by atoms with van der Waals surface area (Å²) in [4.78, 5) is 0. The van der Waals surface area contributed by atoms with Crippen molar-refractivity contribution in [2.24, 2.45) is 40.9 Å². The molecule has 4 rings (SSSR count). The summed E-state index contributed by atoms with van der Waals surface area (Å²) in [6, 6.07) is 0. The van der Waals surface area contributed by atoms with Crippen molar-refractivity contribution in [2.45, 2.75) is 51.6 Å². The van der Waals surface area contributed by atoms with Crippen LogP contribution in [0.3, 0.4) is 0 Å². The number of allylic oxidation sites excluding steroid dienone is 3. The Balaban J connectivity index is 1.67. The molecule has 4 aliphatic carbocycles. The van der Waals surface area contributed by atoms with Crippen LogP contribution in [0, 0.1) is 53.3 Å². The van der Waals surface area contributed by atoms with Crippen LogP contribution < -0.4 is 0 Å². The Morgan fingerprint density at radius 1 is 1.33 bits per heavy atom. The highest BCUT2D eigenvalue weighted by Crippen LogP contribution is 2.65. The van der Waals surface area contributed by atoms with Gasteiger partial charge in [0.25, 0.3) is 0 Å². The lowest BCUT2D eigenvalue weighted by Crippen LogP contribution is -2.55. The van der Waals surface area contributed by atoms with Crippen LogP contribution in [0.1, 0.15) is 46.0 Å². The zero-order valence-electron chi connectivity index (χ0n) is 15.2. The fourth-order valence-electron chi connectivity index (χ4n) is 7.01. The molecular formula is C22H30O2. The Morgan fingerprint density at radius 3 is 2.83 bits per heavy atom. The van der Waals surface area contributed by atoms with Gasteiger partial charge in [0.1, 0.15) is 11.4 Å². The fourth-order valence-corrected chi connectivity index (χ4v) is 7.01. The van der Waals surface area contributed by atoms with Crippen molar-refractivity contribution in [1.29, 1.82) is 0 Å². The van der Waals surface area contributed by atoms with Gasteiger partial charge in [0, 0.05) is 5.41 Å². The van der Waals surface area contributed by atoms with E-state index in [0.717, 1.165) is 25.0 Å². The summed E-state index contributed by atoms with van der Waals surface area (Å²) in [6.45, 7) is 4.66. The Bertz CT molecular complexity index is 626. The zero-order valence-corrected chi connectivity index (χ0v) is 15.2. The maximum absolute atomic E-state index is 11.1. The maximum atomic E-state index is 11.1. The third kappa shape index (κ3) is 2.00. The summed E-state index contributed by atoms with van der Waals surface area (Å²) < 4.78 is 5.45. The van der Waals surface area contributed by atoms with Crippen LogP contribution in [0.5, 0.6) is 0 Å². The molecule has 8 atom stereocenters. The minimum Gasteiger partial charge on any atom is -0.497 e. The smallest absolute Gasteiger partial charge is 0.130 e. The Morgan fingerprint density at radius 2 is 2.12 bits per heavy atom. The molecule has 2 heteroatoms. The van der Waals surface area contributed by atoms with Crippen molar-refractivity contribution >= 4 is 0 Å². The second-order valence-corrected chi connectivity index (χ2v) is 8.94. The van der Waals surface area contributed by atoms with Crippen LogP contribution in [0.25, 0.3) is 0 Å². The number of ether oxygens (including phenoxy) is 1. The van der Waals surface area contributed by atoms with Gasteiger partial charge in [0.15, 0.2) is 0 Å². The standard InChI is InChI=1S/C22H30O2/c1-5-22(23)11-10-19-18-8-6-15-12-16(24-4)7-9-17(15)20(18)14(2)13-21(19,22)3/h1,7,9,12,14-15,17-20,23H,6,8,10-11,13H2,2-4H3/t14?,15?,17?,18?,19?,20?,21?,22-/m1/s1. The molecular weight excluding hydrogens is 296 g/mol. The number of rotatable bonds is 1. The molecule has 130 valence electrons. The number of hydrogen-bond donors (Lipinski definition) is 1. The van der Waals surface area contributed by atoms with Crippen LogP contribution in [-0.4, -0.2) is 17.8 Å². The van der Waals surface area contributed by atoms with Crippen molar-refractivity contribution in [2.75, 3.05) is 7.11 Å². The zero-order chi connectivity index (χ0) is 17.1. The van der Waals surface area contributed by atoms with Crippen molar-refractivity contribution in [3.63, 3.8) is 0 Å². The van der Waals surface area contributed by atoms with Gasteiger partial charge in [-0.25, -0.2) is 0 Å². The van der Waals surface area contributed by atoms with E-state index in [4.69, 9.17) is 11.2 Å². The number of terminal acetylenes is 1. The molecule has 0 radical (unpaired) electrons. The van der Waals surface area contributed by atoms with Gasteiger partial charge < -0.3 is 9.84 Å². The lowest BCUT2D eigenvalue weighted by atomic mass is 9.47. The van der Waals surface area contributed by atoms with E-state index in [2.05, 4.69) is 38.0 Å². The number of aliphatic hydroxyl groups is 1. The monoisotopic (exact) mass is 326 g/mol. The third-order valence-electron chi connectivity index (χ3n) is 8.10. The van der Waals surface area contributed by atoms with Crippen molar-refractivity contribution in [3.05, 3.63) is 24.0 Å². The first-order valence-corrected chi connectivity index (χ1v) is 9.57. The van der Waals surface area contributed by atoms with Crippen LogP contribution >= 0.6 is 0 Å². The predicted octanol–water partition coefficient (Wildman–Crippen LogP) is 4.17. The third-order valence-corrected chi connectivity index (χ3v) is 8.10. The molecule has 0 spiro atoms. The second-order valence-electron chi connectivity index (χ2n) is 8.94. The van der Waals surface area contributed by atoms with Gasteiger partial charge in [-0.3, -0.25) is 0 Å². The summed E-state index contributed by atoms with van der Waals surface area (Å²) in [6.07, 6.45) is 18.1. The van der Waals surface area contributed by atoms with Crippen molar-refractivity contribution in [1.82, 2.24) is 0 Å². The Hall–Kier alpha value is -1.20. The molecule has 2 nitrogen and oxygen atoms in total. The van der Waals surface area contributed by atoms with Gasteiger partial charge >= 0.3 is 0 Å². The second kappa shape index (κ2) is 5.40. The highest BCUT2D eigenvalue weighted by Gasteiger charge is 2.63. The van der Waals surface area contributed by atoms with Gasteiger partial charge in [-0.15, -0.1) is 6.42 Å². The molecule has 0 aromatic carbocycles. The Labute approximate surface area is 146 Å². The molecule has 0 saturated heterocycles. The van der Waals surface area contributed by atoms with E-state index < -0.39 is 5.60 Å². The predicted molar refractivity (Wildman–Crippen MR) is 95.8 cm³/mol. The van der Waals surface area contributed by atoms with E-state index in [1.807, 2.05) is 0 Å². The molecule has 0 aromatic rings. The molecule has 0 aromatic heterocycles. The largest absolute Gasteiger partial charge is 0.497 e. The van der Waals surface area contributed by atoms with Gasteiger partial charge in [-0.2, -0.15) is 0 Å². The van der Waals surface area contributed by atoms with Gasteiger partial charge in [0.05, 0.1) is 7.11 Å². The first-order chi connectivity index (χ1) is 11.4. The van der Waals surface area contributed by atoms with Gasteiger partial charge in [-0.05, 0) is 79.8 Å². The average molecular weight is 326 g/mol. The summed E-state index contributed by atoms with van der Waals surface area (Å²) in [5.41, 5.74) is -1.01. The summed E-state index contributed by atoms with van der Waals surface area (Å²) in [5.74, 6) is 7.63. The molecule has 3 saturated carbocycles. The SMILES string of the molecule is C#C[C@@]1(O)CCC2C3CCC4C=C(OC)C=CC4C3C(C)CC21C. The van der Waals surface area contributed by atoms with Crippen molar-refractivity contribution in [3.8, 4) is 12.3 Å². The quantitative estimate of drug-likeness (QED) is 0.733. The van der Waals surface area contributed by atoms with Crippen LogP contribution in [-0.2, 0) is 4.74 Å². The van der Waals surface area contributed by atoms with Crippen LogP contribution in [0.4, 0.5) is 0 Å². The number of fused-ring (bicyclic) bond motifs is 5. The number of hydrogen-bond acceptors (Lipinski definition) is 2. The molecule has 4 aliphatic rings. The molecule has 3 fully saturated rings. The van der Waals surface area contributed by atoms with E-state index in [1.165, 1.54) is 12.8 Å². The maximum Gasteiger partial charge on any atom is 0.130 e. The first kappa shape index (κ1) is 16.3. The van der Waals surface area contributed by atoms with Crippen molar-refractivity contribution < 1.29 is 9.84 Å². The van der Waals surface area contributed by atoms with E-state index in [0.29, 0.717) is 35.5 Å². The lowest BCUT2D eigenvalue weighted by Gasteiger charge is -2.57. The molecule has 7 unspecified atom stereocenters. The van der Waals surface area contributed by atoms with E-state index >= 15 is 0 Å². The molecule has 0 heterocycles. The van der Waals surface area contributed by atoms with Crippen LogP contribution in [0.2, 0.25) is 0 Å². The van der Waals surface area contributed by atoms with Gasteiger partial charge in [0.2, 0.25) is 0 Å². The normalized spacial score (nSPS) is 52.5. The summed E-state index contributed by atoms with van der Waals surface area (Å²) in [5, 5.41) is 11.1. The van der Waals surface area contributed by atoms with E-state index in [9.17, 15) is 5.11 Å². The lowest BCUT2D eigenvalue weighted by molar-refractivity contribution is -0.114. The molecule has 0 amide bonds. The molecule has 24 heavy (non-hydrogen) atoms. The van der Waals surface area contributed by atoms with E-state index in [1.54, 1.807) is 7.11 Å². The highest BCUT2D eigenvalue weighted by atomic mass is 16.5. The minimum atomic E-state index is -0.903. The molecule has 0 aliphatic heterocycles. The van der Waals surface area contributed by atoms with E-state index in [-0.39, 0.29) is 5.41 Å². The summed E-state index contributed by atoms with van der Waals surface area (Å²) in [7, 11) is 1.76. The Kier molecular flexibility index (Phi) is 3.66. The average Bonchev–Trinajstić information content (AvgIpc) is 2.85. The minimum absolute atomic E-state index is 0.110. The number of methoxy groups -OCH3 is 1. The highest BCUT2D eigenvalue weighted by molar-refractivity contribution is 5.27.